The van der Waals surface area contributed by atoms with Crippen molar-refractivity contribution in [2.45, 2.75) is 45.9 Å². The average Bonchev–Trinajstić information content (AvgIpc) is 2.93. The lowest BCUT2D eigenvalue weighted by Gasteiger charge is -2.21. The van der Waals surface area contributed by atoms with Gasteiger partial charge >= 0.3 is 6.03 Å². The Bertz CT molecular complexity index is 683. The quantitative estimate of drug-likeness (QED) is 0.853. The molecule has 0 radical (unpaired) electrons. The third-order valence-electron chi connectivity index (χ3n) is 3.58. The van der Waals surface area contributed by atoms with E-state index in [4.69, 9.17) is 4.74 Å². The lowest BCUT2D eigenvalue weighted by Crippen LogP contribution is -2.39. The first kappa shape index (κ1) is 17.8. The van der Waals surface area contributed by atoms with Crippen molar-refractivity contribution >= 4 is 6.03 Å². The first-order valence-corrected chi connectivity index (χ1v) is 8.05. The van der Waals surface area contributed by atoms with E-state index < -0.39 is 0 Å². The van der Waals surface area contributed by atoms with Gasteiger partial charge in [0.1, 0.15) is 12.1 Å². The number of para-hydroxylation sites is 1. The van der Waals surface area contributed by atoms with Crippen molar-refractivity contribution in [1.29, 1.82) is 0 Å². The van der Waals surface area contributed by atoms with E-state index in [1.54, 1.807) is 10.9 Å². The fourth-order valence-electron chi connectivity index (χ4n) is 2.46. The highest BCUT2D eigenvalue weighted by Gasteiger charge is 2.18. The van der Waals surface area contributed by atoms with E-state index in [1.165, 1.54) is 0 Å². The second-order valence-electron chi connectivity index (χ2n) is 6.07. The molecule has 2 amide bonds. The second kappa shape index (κ2) is 7.81. The maximum atomic E-state index is 12.3. The molecular formula is C17H25N5O2. The van der Waals surface area contributed by atoms with Gasteiger partial charge in [0.05, 0.1) is 18.2 Å². The molecule has 2 aromatic rings. The molecule has 0 spiro atoms. The van der Waals surface area contributed by atoms with Gasteiger partial charge in [-0.2, -0.15) is 0 Å². The third-order valence-corrected chi connectivity index (χ3v) is 3.58. The summed E-state index contributed by atoms with van der Waals surface area (Å²) in [5, 5.41) is 13.6. The van der Waals surface area contributed by atoms with E-state index in [9.17, 15) is 4.79 Å². The highest BCUT2D eigenvalue weighted by atomic mass is 16.5. The van der Waals surface area contributed by atoms with Gasteiger partial charge in [-0.15, -0.1) is 10.2 Å². The van der Waals surface area contributed by atoms with Gasteiger partial charge in [-0.1, -0.05) is 18.2 Å². The van der Waals surface area contributed by atoms with E-state index in [2.05, 4.69) is 20.8 Å². The van der Waals surface area contributed by atoms with Crippen LogP contribution in [0.5, 0.6) is 5.75 Å². The number of amides is 2. The summed E-state index contributed by atoms with van der Waals surface area (Å²) in [6.45, 7) is 7.74. The largest absolute Gasteiger partial charge is 0.491 e. The fraction of sp³-hybridized carbons (Fsp3) is 0.471. The first-order chi connectivity index (χ1) is 11.4. The fourth-order valence-corrected chi connectivity index (χ4v) is 2.46. The first-order valence-electron chi connectivity index (χ1n) is 8.05. The summed E-state index contributed by atoms with van der Waals surface area (Å²) in [6, 6.07) is 7.02. The summed E-state index contributed by atoms with van der Waals surface area (Å²) in [5.41, 5.74) is 0.938. The van der Waals surface area contributed by atoms with Gasteiger partial charge < -0.3 is 19.9 Å². The topological polar surface area (TPSA) is 81.1 Å². The molecule has 1 aromatic carbocycles. The van der Waals surface area contributed by atoms with E-state index in [1.807, 2.05) is 59.0 Å². The number of carbonyl (C=O) groups is 1. The number of hydrogen-bond donors (Lipinski definition) is 2. The molecular weight excluding hydrogens is 306 g/mol. The molecule has 0 fully saturated rings. The molecule has 7 heteroatoms. The smallest absolute Gasteiger partial charge is 0.315 e. The van der Waals surface area contributed by atoms with Crippen LogP contribution in [0.3, 0.4) is 0 Å². The Balaban J connectivity index is 2.00. The van der Waals surface area contributed by atoms with Crippen LogP contribution in [0.1, 0.15) is 51.2 Å². The number of nitrogens with zero attached hydrogens (tertiary/aromatic N) is 3. The van der Waals surface area contributed by atoms with Gasteiger partial charge in [0, 0.05) is 12.6 Å². The number of urea groups is 1. The van der Waals surface area contributed by atoms with E-state index in [-0.39, 0.29) is 24.2 Å². The van der Waals surface area contributed by atoms with Crippen molar-refractivity contribution in [2.75, 3.05) is 0 Å². The summed E-state index contributed by atoms with van der Waals surface area (Å²) in [7, 11) is 1.84. The van der Waals surface area contributed by atoms with Crippen LogP contribution in [0, 0.1) is 0 Å². The molecule has 0 unspecified atom stereocenters. The van der Waals surface area contributed by atoms with Crippen molar-refractivity contribution in [3.05, 3.63) is 42.0 Å². The molecule has 7 nitrogen and oxygen atoms in total. The summed E-state index contributed by atoms with van der Waals surface area (Å²) >= 11 is 0. The van der Waals surface area contributed by atoms with Crippen LogP contribution >= 0.6 is 0 Å². The van der Waals surface area contributed by atoms with Gasteiger partial charge in [-0.25, -0.2) is 4.79 Å². The molecule has 24 heavy (non-hydrogen) atoms. The Morgan fingerprint density at radius 1 is 1.12 bits per heavy atom. The average molecular weight is 331 g/mol. The number of nitrogens with one attached hydrogen (secondary N) is 2. The van der Waals surface area contributed by atoms with Crippen molar-refractivity contribution < 1.29 is 9.53 Å². The van der Waals surface area contributed by atoms with E-state index in [0.29, 0.717) is 5.82 Å². The maximum Gasteiger partial charge on any atom is 0.315 e. The van der Waals surface area contributed by atoms with Crippen LogP contribution in [-0.4, -0.2) is 26.9 Å². The maximum absolute atomic E-state index is 12.3. The minimum atomic E-state index is -0.266. The number of aryl methyl sites for hydroxylation is 1. The molecule has 2 N–H and O–H groups in total. The third kappa shape index (κ3) is 4.47. The van der Waals surface area contributed by atoms with Crippen molar-refractivity contribution in [3.63, 3.8) is 0 Å². The van der Waals surface area contributed by atoms with E-state index in [0.717, 1.165) is 11.3 Å². The molecule has 0 aliphatic carbocycles. The Morgan fingerprint density at radius 3 is 2.42 bits per heavy atom. The highest BCUT2D eigenvalue weighted by molar-refractivity contribution is 5.75. The zero-order valence-corrected chi connectivity index (χ0v) is 14.8. The summed E-state index contributed by atoms with van der Waals surface area (Å²) in [5.74, 6) is 1.47. The standard InChI is InChI=1S/C17H25N5O2/c1-11(2)24-15-9-7-6-8-14(15)12(3)19-17(23)20-13(4)16-21-18-10-22(16)5/h6-13H,1-5H3,(H2,19,20,23)/t12-,13+/m1/s1. The number of carbonyl (C=O) groups excluding carboxylic acids is 1. The molecule has 0 saturated heterocycles. The zero-order valence-electron chi connectivity index (χ0n) is 14.8. The molecule has 0 bridgehead atoms. The van der Waals surface area contributed by atoms with Gasteiger partial charge in [0.15, 0.2) is 5.82 Å². The van der Waals surface area contributed by atoms with Gasteiger partial charge in [0.25, 0.3) is 0 Å². The predicted molar refractivity (Wildman–Crippen MR) is 91.7 cm³/mol. The van der Waals surface area contributed by atoms with Crippen LogP contribution in [0.4, 0.5) is 4.79 Å². The molecule has 0 aliphatic rings. The predicted octanol–water partition coefficient (Wildman–Crippen LogP) is 2.72. The summed E-state index contributed by atoms with van der Waals surface area (Å²) in [4.78, 5) is 12.3. The Labute approximate surface area is 142 Å². The van der Waals surface area contributed by atoms with Crippen molar-refractivity contribution in [3.8, 4) is 5.75 Å². The molecule has 2 rings (SSSR count). The van der Waals surface area contributed by atoms with Crippen LogP contribution in [0.2, 0.25) is 0 Å². The lowest BCUT2D eigenvalue weighted by molar-refractivity contribution is 0.230. The molecule has 130 valence electrons. The van der Waals surface area contributed by atoms with Gasteiger partial charge in [0.2, 0.25) is 0 Å². The van der Waals surface area contributed by atoms with Crippen LogP contribution < -0.4 is 15.4 Å². The number of aromatic nitrogens is 3. The molecule has 0 saturated carbocycles. The normalized spacial score (nSPS) is 13.4. The Hall–Kier alpha value is -2.57. The second-order valence-corrected chi connectivity index (χ2v) is 6.07. The number of hydrogen-bond acceptors (Lipinski definition) is 4. The van der Waals surface area contributed by atoms with Crippen molar-refractivity contribution in [1.82, 2.24) is 25.4 Å². The Morgan fingerprint density at radius 2 is 1.79 bits per heavy atom. The minimum absolute atomic E-state index is 0.0723. The SMILES string of the molecule is CC(C)Oc1ccccc1[C@@H](C)NC(=O)N[C@@H](C)c1nncn1C. The Kier molecular flexibility index (Phi) is 5.78. The molecule has 2 atom stereocenters. The molecule has 0 aliphatic heterocycles. The lowest BCUT2D eigenvalue weighted by atomic mass is 10.1. The minimum Gasteiger partial charge on any atom is -0.491 e. The highest BCUT2D eigenvalue weighted by Crippen LogP contribution is 2.25. The van der Waals surface area contributed by atoms with E-state index >= 15 is 0 Å². The number of benzene rings is 1. The number of ether oxygens (including phenoxy) is 1. The van der Waals surface area contributed by atoms with Crippen LogP contribution in [0.25, 0.3) is 0 Å². The monoisotopic (exact) mass is 331 g/mol. The van der Waals surface area contributed by atoms with Crippen LogP contribution in [-0.2, 0) is 7.05 Å². The van der Waals surface area contributed by atoms with Crippen LogP contribution in [0.15, 0.2) is 30.6 Å². The molecule has 1 heterocycles. The summed E-state index contributed by atoms with van der Waals surface area (Å²) < 4.78 is 7.59. The zero-order chi connectivity index (χ0) is 17.7. The number of rotatable bonds is 6. The van der Waals surface area contributed by atoms with Gasteiger partial charge in [-0.05, 0) is 33.8 Å². The molecule has 1 aromatic heterocycles. The summed E-state index contributed by atoms with van der Waals surface area (Å²) in [6.07, 6.45) is 1.68. The van der Waals surface area contributed by atoms with Gasteiger partial charge in [-0.3, -0.25) is 0 Å². The van der Waals surface area contributed by atoms with Crippen molar-refractivity contribution in [2.24, 2.45) is 7.05 Å².